The fourth-order valence-corrected chi connectivity index (χ4v) is 5.70. The Hall–Kier alpha value is -2.57. The number of amides is 1. The molecule has 0 radical (unpaired) electrons. The summed E-state index contributed by atoms with van der Waals surface area (Å²) in [6, 6.07) is 8.99. The normalized spacial score (nSPS) is 16.5. The number of rotatable bonds is 4. The second-order valence-electron chi connectivity index (χ2n) is 7.13. The molecule has 0 aliphatic carbocycles. The number of carbonyl (C=O) groups excluding carboxylic acids is 1. The van der Waals surface area contributed by atoms with E-state index >= 15 is 0 Å². The predicted molar refractivity (Wildman–Crippen MR) is 109 cm³/mol. The van der Waals surface area contributed by atoms with Crippen LogP contribution in [0.2, 0.25) is 0 Å². The summed E-state index contributed by atoms with van der Waals surface area (Å²) in [5.41, 5.74) is 0.302. The molecule has 7 nitrogen and oxygen atoms in total. The molecule has 0 spiro atoms. The molecule has 0 bridgehead atoms. The molecule has 1 aromatic heterocycles. The van der Waals surface area contributed by atoms with Gasteiger partial charge in [0.1, 0.15) is 15.9 Å². The smallest absolute Gasteiger partial charge is 0.326 e. The maximum Gasteiger partial charge on any atom is 0.416 e. The molecule has 0 atom stereocenters. The van der Waals surface area contributed by atoms with Gasteiger partial charge in [0, 0.05) is 24.7 Å². The molecule has 1 fully saturated rings. The van der Waals surface area contributed by atoms with E-state index in [1.165, 1.54) is 22.5 Å². The Labute approximate surface area is 180 Å². The molecule has 164 valence electrons. The Bertz CT molecular complexity index is 1200. The number of aromatic nitrogens is 2. The number of alkyl halides is 3. The lowest BCUT2D eigenvalue weighted by Crippen LogP contribution is -2.41. The van der Waals surface area contributed by atoms with Crippen LogP contribution in [0, 0.1) is 5.92 Å². The predicted octanol–water partition coefficient (Wildman–Crippen LogP) is 3.75. The van der Waals surface area contributed by atoms with Crippen molar-refractivity contribution in [2.24, 2.45) is 5.92 Å². The van der Waals surface area contributed by atoms with Crippen molar-refractivity contribution in [1.82, 2.24) is 13.1 Å². The Morgan fingerprint density at radius 2 is 1.74 bits per heavy atom. The number of nitrogens with one attached hydrogen (secondary N) is 1. The van der Waals surface area contributed by atoms with E-state index in [1.807, 2.05) is 0 Å². The summed E-state index contributed by atoms with van der Waals surface area (Å²) < 4.78 is 73.5. The lowest BCUT2D eigenvalue weighted by Gasteiger charge is -2.30. The second kappa shape index (κ2) is 8.17. The quantitative estimate of drug-likeness (QED) is 0.627. The molecule has 4 rings (SSSR count). The average Bonchev–Trinajstić information content (AvgIpc) is 3.22. The molecule has 1 aliphatic heterocycles. The van der Waals surface area contributed by atoms with Crippen molar-refractivity contribution in [2.45, 2.75) is 23.9 Å². The summed E-state index contributed by atoms with van der Waals surface area (Å²) in [5, 5.41) is 2.61. The van der Waals surface area contributed by atoms with E-state index in [0.717, 1.165) is 23.9 Å². The third kappa shape index (κ3) is 4.41. The first-order chi connectivity index (χ1) is 14.7. The van der Waals surface area contributed by atoms with Crippen molar-refractivity contribution in [3.8, 4) is 0 Å². The van der Waals surface area contributed by atoms with Gasteiger partial charge in [0.25, 0.3) is 0 Å². The Morgan fingerprint density at radius 3 is 2.39 bits per heavy atom. The van der Waals surface area contributed by atoms with Crippen molar-refractivity contribution in [3.63, 3.8) is 0 Å². The van der Waals surface area contributed by atoms with Crippen LogP contribution in [0.1, 0.15) is 18.4 Å². The van der Waals surface area contributed by atoms with Crippen molar-refractivity contribution in [3.05, 3.63) is 48.0 Å². The maximum absolute atomic E-state index is 13.0. The zero-order valence-electron chi connectivity index (χ0n) is 16.0. The van der Waals surface area contributed by atoms with Crippen molar-refractivity contribution < 1.29 is 26.4 Å². The molecule has 2 heterocycles. The Balaban J connectivity index is 1.40. The van der Waals surface area contributed by atoms with Gasteiger partial charge in [-0.25, -0.2) is 8.42 Å². The summed E-state index contributed by atoms with van der Waals surface area (Å²) in [4.78, 5) is 12.6. The SMILES string of the molecule is O=C(Nc1ccc(C(F)(F)F)cc1)C1CCN(S(=O)(=O)c2cccc3nsnc23)CC1. The highest BCUT2D eigenvalue weighted by atomic mass is 32.2. The lowest BCUT2D eigenvalue weighted by atomic mass is 9.97. The summed E-state index contributed by atoms with van der Waals surface area (Å²) in [6.07, 6.45) is -3.84. The van der Waals surface area contributed by atoms with Gasteiger partial charge >= 0.3 is 6.18 Å². The van der Waals surface area contributed by atoms with Crippen LogP contribution in [0.5, 0.6) is 0 Å². The van der Waals surface area contributed by atoms with Gasteiger partial charge in [-0.1, -0.05) is 6.07 Å². The number of benzene rings is 2. The number of anilines is 1. The molecule has 3 aromatic rings. The van der Waals surface area contributed by atoms with Crippen LogP contribution >= 0.6 is 11.7 Å². The Morgan fingerprint density at radius 1 is 1.06 bits per heavy atom. The fraction of sp³-hybridized carbons (Fsp3) is 0.316. The number of nitrogens with zero attached hydrogens (tertiary/aromatic N) is 3. The standard InChI is InChI=1S/C19H17F3N4O3S2/c20-19(21,22)13-4-6-14(7-5-13)23-18(27)12-8-10-26(11-9-12)31(28,29)16-3-1-2-15-17(16)25-30-24-15/h1-7,12H,8-11H2,(H,23,27). The highest BCUT2D eigenvalue weighted by Crippen LogP contribution is 2.31. The van der Waals surface area contributed by atoms with Crippen LogP contribution in [-0.4, -0.2) is 40.5 Å². The highest BCUT2D eigenvalue weighted by molar-refractivity contribution is 7.89. The van der Waals surface area contributed by atoms with Crippen molar-refractivity contribution >= 4 is 44.4 Å². The third-order valence-corrected chi connectivity index (χ3v) is 7.64. The van der Waals surface area contributed by atoms with Gasteiger partial charge in [0.15, 0.2) is 0 Å². The second-order valence-corrected chi connectivity index (χ2v) is 9.57. The van der Waals surface area contributed by atoms with E-state index in [4.69, 9.17) is 0 Å². The minimum absolute atomic E-state index is 0.0893. The molecule has 1 saturated heterocycles. The maximum atomic E-state index is 13.0. The summed E-state index contributed by atoms with van der Waals surface area (Å²) in [6.45, 7) is 0.308. The number of sulfonamides is 1. The largest absolute Gasteiger partial charge is 0.416 e. The first-order valence-corrected chi connectivity index (χ1v) is 11.5. The summed E-state index contributed by atoms with van der Waals surface area (Å²) >= 11 is 0.939. The topological polar surface area (TPSA) is 92.3 Å². The first-order valence-electron chi connectivity index (χ1n) is 9.36. The van der Waals surface area contributed by atoms with E-state index in [2.05, 4.69) is 14.1 Å². The minimum Gasteiger partial charge on any atom is -0.326 e. The third-order valence-electron chi connectivity index (χ3n) is 5.17. The van der Waals surface area contributed by atoms with E-state index in [9.17, 15) is 26.4 Å². The van der Waals surface area contributed by atoms with Gasteiger partial charge in [-0.3, -0.25) is 4.79 Å². The molecule has 12 heteroatoms. The van der Waals surface area contributed by atoms with Crippen molar-refractivity contribution in [2.75, 3.05) is 18.4 Å². The molecule has 1 amide bonds. The van der Waals surface area contributed by atoms with Gasteiger partial charge < -0.3 is 5.32 Å². The zero-order chi connectivity index (χ0) is 22.2. The molecular formula is C19H17F3N4O3S2. The molecule has 1 aliphatic rings. The monoisotopic (exact) mass is 470 g/mol. The first kappa shape index (κ1) is 21.7. The summed E-state index contributed by atoms with van der Waals surface area (Å²) in [5.74, 6) is -0.784. The number of halogens is 3. The molecule has 0 saturated carbocycles. The van der Waals surface area contributed by atoms with Gasteiger partial charge in [0.05, 0.1) is 17.3 Å². The molecule has 2 aromatic carbocycles. The number of carbonyl (C=O) groups is 1. The van der Waals surface area contributed by atoms with Crippen LogP contribution in [0.3, 0.4) is 0 Å². The van der Waals surface area contributed by atoms with Crippen LogP contribution in [0.4, 0.5) is 18.9 Å². The summed E-state index contributed by atoms with van der Waals surface area (Å²) in [7, 11) is -3.79. The molecule has 31 heavy (non-hydrogen) atoms. The number of fused-ring (bicyclic) bond motifs is 1. The molecule has 1 N–H and O–H groups in total. The van der Waals surface area contributed by atoms with Gasteiger partial charge in [-0.2, -0.15) is 26.2 Å². The van der Waals surface area contributed by atoms with Crippen molar-refractivity contribution in [1.29, 1.82) is 0 Å². The number of hydrogen-bond acceptors (Lipinski definition) is 6. The van der Waals surface area contributed by atoms with Gasteiger partial charge in [-0.05, 0) is 49.2 Å². The van der Waals surface area contributed by atoms with Crippen LogP contribution in [-0.2, 0) is 21.0 Å². The number of hydrogen-bond donors (Lipinski definition) is 1. The molecular weight excluding hydrogens is 453 g/mol. The number of piperidine rings is 1. The average molecular weight is 470 g/mol. The fourth-order valence-electron chi connectivity index (χ4n) is 3.47. The highest BCUT2D eigenvalue weighted by Gasteiger charge is 2.34. The minimum atomic E-state index is -4.44. The van der Waals surface area contributed by atoms with E-state index in [-0.39, 0.29) is 29.6 Å². The van der Waals surface area contributed by atoms with E-state index in [1.54, 1.807) is 12.1 Å². The zero-order valence-corrected chi connectivity index (χ0v) is 17.6. The van der Waals surface area contributed by atoms with Gasteiger partial charge in [-0.15, -0.1) is 0 Å². The van der Waals surface area contributed by atoms with Crippen LogP contribution in [0.15, 0.2) is 47.4 Å². The van der Waals surface area contributed by atoms with Crippen LogP contribution < -0.4 is 5.32 Å². The lowest BCUT2D eigenvalue weighted by molar-refractivity contribution is -0.137. The van der Waals surface area contributed by atoms with E-state index in [0.29, 0.717) is 23.9 Å². The van der Waals surface area contributed by atoms with Crippen LogP contribution in [0.25, 0.3) is 11.0 Å². The Kier molecular flexibility index (Phi) is 5.71. The van der Waals surface area contributed by atoms with E-state index < -0.39 is 27.7 Å². The molecule has 0 unspecified atom stereocenters. The van der Waals surface area contributed by atoms with Gasteiger partial charge in [0.2, 0.25) is 15.9 Å².